The van der Waals surface area contributed by atoms with E-state index in [1.165, 1.54) is 0 Å². The van der Waals surface area contributed by atoms with Gasteiger partial charge in [-0.25, -0.2) is 0 Å². The minimum atomic E-state index is -1.09. The van der Waals surface area contributed by atoms with Crippen molar-refractivity contribution in [3.63, 3.8) is 0 Å². The third-order valence-electron chi connectivity index (χ3n) is 1.87. The van der Waals surface area contributed by atoms with Crippen LogP contribution in [0, 0.1) is 0 Å². The van der Waals surface area contributed by atoms with Crippen LogP contribution in [0.1, 0.15) is 5.56 Å². The number of halogens is 1. The number of thioether (sulfide) groups is 1. The van der Waals surface area contributed by atoms with Crippen molar-refractivity contribution in [2.75, 3.05) is 5.75 Å². The van der Waals surface area contributed by atoms with Gasteiger partial charge in [0.2, 0.25) is 0 Å². The van der Waals surface area contributed by atoms with E-state index in [2.05, 4.69) is 21.7 Å². The molecule has 0 heterocycles. The first kappa shape index (κ1) is 12.5. The first-order valence-corrected chi connectivity index (χ1v) is 6.41. The second-order valence-corrected chi connectivity index (χ2v) is 5.01. The Morgan fingerprint density at radius 1 is 1.53 bits per heavy atom. The molecule has 0 aliphatic rings. The molecule has 5 heteroatoms. The van der Waals surface area contributed by atoms with E-state index in [4.69, 9.17) is 0 Å². The van der Waals surface area contributed by atoms with Gasteiger partial charge in [0, 0.05) is 10.2 Å². The molecule has 1 aromatic carbocycles. The van der Waals surface area contributed by atoms with Crippen LogP contribution in [-0.2, 0) is 10.5 Å². The van der Waals surface area contributed by atoms with Gasteiger partial charge in [-0.15, -0.1) is 0 Å². The molecule has 3 nitrogen and oxygen atoms in total. The minimum Gasteiger partial charge on any atom is -0.544 e. The van der Waals surface area contributed by atoms with Crippen LogP contribution < -0.4 is 10.8 Å². The predicted octanol–water partition coefficient (Wildman–Crippen LogP) is 0.0427. The standard InChI is InChI=1S/C10H12BrNO2S/c11-8-4-2-1-3-7(8)5-15-6-9(12)10(13)14/h1-4,9H,5-6,12H2,(H,13,14)/t9-/m0/s1. The van der Waals surface area contributed by atoms with Crippen LogP contribution in [-0.4, -0.2) is 17.8 Å². The van der Waals surface area contributed by atoms with Gasteiger partial charge in [0.15, 0.2) is 0 Å². The SMILES string of the molecule is [NH3+][C@@H](CSCc1ccccc1Br)C(=O)[O-]. The topological polar surface area (TPSA) is 67.8 Å². The summed E-state index contributed by atoms with van der Waals surface area (Å²) in [6, 6.07) is 7.24. The molecule has 0 spiro atoms. The van der Waals surface area contributed by atoms with Crippen molar-refractivity contribution >= 4 is 33.7 Å². The lowest BCUT2D eigenvalue weighted by Gasteiger charge is -2.09. The molecule has 1 rings (SSSR count). The molecule has 0 aliphatic heterocycles. The second-order valence-electron chi connectivity index (χ2n) is 3.12. The number of quaternary nitrogens is 1. The Morgan fingerprint density at radius 2 is 2.20 bits per heavy atom. The van der Waals surface area contributed by atoms with Crippen LogP contribution in [0.15, 0.2) is 28.7 Å². The highest BCUT2D eigenvalue weighted by atomic mass is 79.9. The number of benzene rings is 1. The zero-order valence-corrected chi connectivity index (χ0v) is 10.5. The fourth-order valence-corrected chi connectivity index (χ4v) is 2.62. The maximum Gasteiger partial charge on any atom is 0.134 e. The Balaban J connectivity index is 2.38. The van der Waals surface area contributed by atoms with E-state index >= 15 is 0 Å². The Kier molecular flexibility index (Phi) is 5.14. The fraction of sp³-hybridized carbons (Fsp3) is 0.300. The van der Waals surface area contributed by atoms with Gasteiger partial charge in [-0.1, -0.05) is 34.1 Å². The van der Waals surface area contributed by atoms with Gasteiger partial charge >= 0.3 is 0 Å². The molecule has 0 aliphatic carbocycles. The molecule has 0 bridgehead atoms. The zero-order chi connectivity index (χ0) is 11.3. The summed E-state index contributed by atoms with van der Waals surface area (Å²) < 4.78 is 1.05. The highest BCUT2D eigenvalue weighted by Crippen LogP contribution is 2.21. The van der Waals surface area contributed by atoms with E-state index in [-0.39, 0.29) is 0 Å². The van der Waals surface area contributed by atoms with Crippen molar-refractivity contribution < 1.29 is 15.6 Å². The highest BCUT2D eigenvalue weighted by Gasteiger charge is 2.07. The first-order chi connectivity index (χ1) is 7.11. The van der Waals surface area contributed by atoms with Gasteiger partial charge < -0.3 is 15.6 Å². The van der Waals surface area contributed by atoms with E-state index in [0.29, 0.717) is 5.75 Å². The summed E-state index contributed by atoms with van der Waals surface area (Å²) in [5.41, 5.74) is 4.66. The Morgan fingerprint density at radius 3 is 2.80 bits per heavy atom. The van der Waals surface area contributed by atoms with Crippen LogP contribution in [0.4, 0.5) is 0 Å². The van der Waals surface area contributed by atoms with Gasteiger partial charge in [0.1, 0.15) is 6.04 Å². The number of rotatable bonds is 5. The van der Waals surface area contributed by atoms with Crippen LogP contribution in [0.25, 0.3) is 0 Å². The number of carbonyl (C=O) groups is 1. The smallest absolute Gasteiger partial charge is 0.134 e. The summed E-state index contributed by atoms with van der Waals surface area (Å²) in [6.45, 7) is 0. The van der Waals surface area contributed by atoms with Crippen molar-refractivity contribution in [1.29, 1.82) is 0 Å². The second kappa shape index (κ2) is 6.15. The van der Waals surface area contributed by atoms with E-state index in [9.17, 15) is 9.90 Å². The Labute approximate surface area is 101 Å². The number of hydrogen-bond acceptors (Lipinski definition) is 3. The summed E-state index contributed by atoms with van der Waals surface area (Å²) in [5, 5.41) is 10.4. The van der Waals surface area contributed by atoms with Crippen LogP contribution >= 0.6 is 27.7 Å². The lowest BCUT2D eigenvalue weighted by atomic mass is 10.2. The first-order valence-electron chi connectivity index (χ1n) is 4.46. The van der Waals surface area contributed by atoms with Gasteiger partial charge in [-0.05, 0) is 11.6 Å². The predicted molar refractivity (Wildman–Crippen MR) is 62.0 cm³/mol. The molecule has 0 radical (unpaired) electrons. The molecule has 0 amide bonds. The zero-order valence-electron chi connectivity index (χ0n) is 8.11. The molecule has 0 saturated heterocycles. The molecule has 1 atom stereocenters. The van der Waals surface area contributed by atoms with Crippen molar-refractivity contribution in [3.05, 3.63) is 34.3 Å². The largest absolute Gasteiger partial charge is 0.544 e. The lowest BCUT2D eigenvalue weighted by Crippen LogP contribution is -2.69. The van der Waals surface area contributed by atoms with Crippen LogP contribution in [0.3, 0.4) is 0 Å². The number of aliphatic carboxylic acids is 1. The van der Waals surface area contributed by atoms with E-state index in [0.717, 1.165) is 15.8 Å². The highest BCUT2D eigenvalue weighted by molar-refractivity contribution is 9.10. The van der Waals surface area contributed by atoms with Crippen molar-refractivity contribution in [3.8, 4) is 0 Å². The molecule has 1 aromatic rings. The van der Waals surface area contributed by atoms with Gasteiger partial charge in [0.25, 0.3) is 0 Å². The number of carboxylic acids is 1. The summed E-state index contributed by atoms with van der Waals surface area (Å²) in [4.78, 5) is 10.4. The maximum absolute atomic E-state index is 10.4. The number of hydrogen-bond donors (Lipinski definition) is 1. The molecule has 82 valence electrons. The van der Waals surface area contributed by atoms with Gasteiger partial charge in [-0.2, -0.15) is 11.8 Å². The van der Waals surface area contributed by atoms with Crippen molar-refractivity contribution in [2.24, 2.45) is 0 Å². The lowest BCUT2D eigenvalue weighted by molar-refractivity contribution is -0.431. The maximum atomic E-state index is 10.4. The average molecular weight is 290 g/mol. The number of carboxylic acid groups (broad SMARTS) is 1. The molecule has 3 N–H and O–H groups in total. The van der Waals surface area contributed by atoms with E-state index < -0.39 is 12.0 Å². The van der Waals surface area contributed by atoms with Crippen LogP contribution in [0.2, 0.25) is 0 Å². The van der Waals surface area contributed by atoms with Crippen molar-refractivity contribution in [1.82, 2.24) is 0 Å². The minimum absolute atomic E-state index is 0.476. The molecule has 0 unspecified atom stereocenters. The normalized spacial score (nSPS) is 12.4. The molecule has 0 saturated carbocycles. The van der Waals surface area contributed by atoms with E-state index in [1.54, 1.807) is 11.8 Å². The molecule has 15 heavy (non-hydrogen) atoms. The van der Waals surface area contributed by atoms with Gasteiger partial charge in [0.05, 0.1) is 11.7 Å². The summed E-state index contributed by atoms with van der Waals surface area (Å²) in [5.74, 6) is 0.166. The summed E-state index contributed by atoms with van der Waals surface area (Å²) >= 11 is 4.98. The molecular formula is C10H12BrNO2S. The average Bonchev–Trinajstić information content (AvgIpc) is 2.20. The molecule has 0 fully saturated rings. The number of carbonyl (C=O) groups excluding carboxylic acids is 1. The van der Waals surface area contributed by atoms with Gasteiger partial charge in [-0.3, -0.25) is 0 Å². The third kappa shape index (κ3) is 4.24. The van der Waals surface area contributed by atoms with Crippen molar-refractivity contribution in [2.45, 2.75) is 11.8 Å². The monoisotopic (exact) mass is 289 g/mol. The quantitative estimate of drug-likeness (QED) is 0.832. The Hall–Kier alpha value is -0.520. The fourth-order valence-electron chi connectivity index (χ4n) is 0.995. The molecular weight excluding hydrogens is 278 g/mol. The molecule has 0 aromatic heterocycles. The third-order valence-corrected chi connectivity index (χ3v) is 3.79. The summed E-state index contributed by atoms with van der Waals surface area (Å²) in [7, 11) is 0. The summed E-state index contributed by atoms with van der Waals surface area (Å²) in [6.07, 6.45) is 0. The Bertz CT molecular complexity index is 346. The van der Waals surface area contributed by atoms with E-state index in [1.807, 2.05) is 24.3 Å². The van der Waals surface area contributed by atoms with Crippen LogP contribution in [0.5, 0.6) is 0 Å².